The van der Waals surface area contributed by atoms with Crippen molar-refractivity contribution in [2.75, 3.05) is 16.8 Å². The summed E-state index contributed by atoms with van der Waals surface area (Å²) in [5.74, 6) is -0.747. The Labute approximate surface area is 165 Å². The topological polar surface area (TPSA) is 75.2 Å². The molecule has 1 aliphatic heterocycles. The second-order valence-corrected chi connectivity index (χ2v) is 7.66. The molecule has 0 radical (unpaired) electrons. The van der Waals surface area contributed by atoms with E-state index in [4.69, 9.17) is 0 Å². The number of aryl methyl sites for hydroxylation is 1. The molecule has 4 rings (SSSR count). The maximum absolute atomic E-state index is 13.1. The Morgan fingerprint density at radius 1 is 1.21 bits per heavy atom. The van der Waals surface area contributed by atoms with Gasteiger partial charge in [-0.3, -0.25) is 14.9 Å². The van der Waals surface area contributed by atoms with Gasteiger partial charge in [-0.2, -0.15) is 0 Å². The molecule has 2 heterocycles. The lowest BCUT2D eigenvalue weighted by atomic mass is 10.1. The molecule has 1 saturated heterocycles. The highest BCUT2D eigenvalue weighted by Crippen LogP contribution is 2.34. The number of aromatic nitrogens is 2. The zero-order chi connectivity index (χ0) is 19.7. The molecule has 8 heteroatoms. The van der Waals surface area contributed by atoms with Crippen LogP contribution in [0.1, 0.15) is 33.3 Å². The lowest BCUT2D eigenvalue weighted by Gasteiger charge is -2.16. The first-order valence-corrected chi connectivity index (χ1v) is 9.58. The van der Waals surface area contributed by atoms with Gasteiger partial charge >= 0.3 is 0 Å². The molecule has 0 aliphatic carbocycles. The number of nitrogens with one attached hydrogen (secondary N) is 1. The Bertz CT molecular complexity index is 1030. The number of amides is 2. The summed E-state index contributed by atoms with van der Waals surface area (Å²) in [6.45, 7) is 2.37. The lowest BCUT2D eigenvalue weighted by molar-refractivity contribution is -0.117. The molecule has 2 amide bonds. The van der Waals surface area contributed by atoms with Crippen LogP contribution in [-0.2, 0) is 4.79 Å². The van der Waals surface area contributed by atoms with Crippen LogP contribution in [0.3, 0.4) is 0 Å². The van der Waals surface area contributed by atoms with Gasteiger partial charge < -0.3 is 4.90 Å². The van der Waals surface area contributed by atoms with E-state index in [9.17, 15) is 14.0 Å². The van der Waals surface area contributed by atoms with Crippen molar-refractivity contribution in [3.8, 4) is 0 Å². The van der Waals surface area contributed by atoms with Crippen molar-refractivity contribution in [3.63, 3.8) is 0 Å². The Kier molecular flexibility index (Phi) is 4.87. The number of hydrogen-bond donors (Lipinski definition) is 1. The van der Waals surface area contributed by atoms with Crippen LogP contribution < -0.4 is 10.2 Å². The highest BCUT2D eigenvalue weighted by atomic mass is 32.1. The minimum Gasteiger partial charge on any atom is -0.312 e. The Morgan fingerprint density at radius 3 is 2.75 bits per heavy atom. The zero-order valence-corrected chi connectivity index (χ0v) is 15.9. The summed E-state index contributed by atoms with van der Waals surface area (Å²) in [6, 6.07) is 13.1. The van der Waals surface area contributed by atoms with Gasteiger partial charge in [-0.25, -0.2) is 4.39 Å². The summed E-state index contributed by atoms with van der Waals surface area (Å²) in [5, 5.41) is 12.0. The van der Waals surface area contributed by atoms with Crippen molar-refractivity contribution in [1.82, 2.24) is 10.2 Å². The molecular weight excluding hydrogens is 379 g/mol. The van der Waals surface area contributed by atoms with Crippen LogP contribution in [0.25, 0.3) is 0 Å². The van der Waals surface area contributed by atoms with Crippen LogP contribution in [0.4, 0.5) is 15.2 Å². The molecule has 28 heavy (non-hydrogen) atoms. The van der Waals surface area contributed by atoms with Gasteiger partial charge in [-0.1, -0.05) is 29.0 Å². The fraction of sp³-hybridized carbons (Fsp3) is 0.200. The van der Waals surface area contributed by atoms with Crippen LogP contribution in [0.2, 0.25) is 0 Å². The fourth-order valence-electron chi connectivity index (χ4n) is 3.15. The summed E-state index contributed by atoms with van der Waals surface area (Å²) in [4.78, 5) is 26.3. The van der Waals surface area contributed by atoms with Crippen LogP contribution in [-0.4, -0.2) is 28.6 Å². The Balaban J connectivity index is 1.45. The van der Waals surface area contributed by atoms with Crippen molar-refractivity contribution >= 4 is 34.0 Å². The maximum Gasteiger partial charge on any atom is 0.257 e. The number of nitrogens with zero attached hydrogens (tertiary/aromatic N) is 3. The highest BCUT2D eigenvalue weighted by Gasteiger charge is 2.34. The van der Waals surface area contributed by atoms with E-state index < -0.39 is 0 Å². The summed E-state index contributed by atoms with van der Waals surface area (Å²) in [6.07, 6.45) is 0.303. The van der Waals surface area contributed by atoms with Crippen LogP contribution in [0.15, 0.2) is 48.5 Å². The van der Waals surface area contributed by atoms with Crippen molar-refractivity contribution in [3.05, 3.63) is 70.5 Å². The summed E-state index contributed by atoms with van der Waals surface area (Å²) >= 11 is 1.27. The first-order chi connectivity index (χ1) is 13.5. The molecule has 3 aromatic rings. The van der Waals surface area contributed by atoms with E-state index in [1.165, 1.54) is 23.5 Å². The van der Waals surface area contributed by atoms with E-state index in [1.807, 2.05) is 19.1 Å². The minimum absolute atomic E-state index is 0.0443. The molecular formula is C20H17FN4O2S. The first-order valence-electron chi connectivity index (χ1n) is 8.77. The Hall–Kier alpha value is -3.13. The van der Waals surface area contributed by atoms with E-state index in [-0.39, 0.29) is 23.5 Å². The highest BCUT2D eigenvalue weighted by molar-refractivity contribution is 7.15. The summed E-state index contributed by atoms with van der Waals surface area (Å²) in [7, 11) is 0. The second-order valence-electron chi connectivity index (χ2n) is 6.65. The average Bonchev–Trinajstić information content (AvgIpc) is 3.29. The number of rotatable bonds is 4. The van der Waals surface area contributed by atoms with Gasteiger partial charge in [0, 0.05) is 30.1 Å². The van der Waals surface area contributed by atoms with Crippen molar-refractivity contribution < 1.29 is 14.0 Å². The van der Waals surface area contributed by atoms with Gasteiger partial charge in [0.2, 0.25) is 11.0 Å². The number of carbonyl (C=O) groups is 2. The van der Waals surface area contributed by atoms with Gasteiger partial charge in [0.15, 0.2) is 0 Å². The third kappa shape index (κ3) is 3.77. The molecule has 1 atom stereocenters. The number of anilines is 2. The SMILES string of the molecule is Cc1cccc(C(=O)Nc2nnc(C3CC(=O)N(c4ccc(F)cc4)C3)s2)c1. The van der Waals surface area contributed by atoms with Crippen molar-refractivity contribution in [1.29, 1.82) is 0 Å². The smallest absolute Gasteiger partial charge is 0.257 e. The molecule has 0 bridgehead atoms. The monoisotopic (exact) mass is 396 g/mol. The second kappa shape index (κ2) is 7.47. The van der Waals surface area contributed by atoms with E-state index in [2.05, 4.69) is 15.5 Å². The molecule has 0 saturated carbocycles. The van der Waals surface area contributed by atoms with Gasteiger partial charge in [0.25, 0.3) is 5.91 Å². The molecule has 1 N–H and O–H groups in total. The Morgan fingerprint density at radius 2 is 2.00 bits per heavy atom. The molecule has 1 fully saturated rings. The number of hydrogen-bond acceptors (Lipinski definition) is 5. The minimum atomic E-state index is -0.343. The quantitative estimate of drug-likeness (QED) is 0.729. The lowest BCUT2D eigenvalue weighted by Crippen LogP contribution is -2.24. The largest absolute Gasteiger partial charge is 0.312 e. The predicted octanol–water partition coefficient (Wildman–Crippen LogP) is 3.76. The maximum atomic E-state index is 13.1. The number of halogens is 1. The average molecular weight is 396 g/mol. The predicted molar refractivity (Wildman–Crippen MR) is 105 cm³/mol. The molecule has 6 nitrogen and oxygen atoms in total. The van der Waals surface area contributed by atoms with Crippen LogP contribution >= 0.6 is 11.3 Å². The molecule has 0 spiro atoms. The molecule has 1 aromatic heterocycles. The van der Waals surface area contributed by atoms with Gasteiger partial charge in [0.05, 0.1) is 0 Å². The van der Waals surface area contributed by atoms with Gasteiger partial charge in [0.1, 0.15) is 10.8 Å². The zero-order valence-electron chi connectivity index (χ0n) is 15.1. The van der Waals surface area contributed by atoms with Crippen molar-refractivity contribution in [2.45, 2.75) is 19.3 Å². The molecule has 1 aliphatic rings. The summed E-state index contributed by atoms with van der Waals surface area (Å²) in [5.41, 5.74) is 2.21. The van der Waals surface area contributed by atoms with E-state index in [0.29, 0.717) is 34.4 Å². The molecule has 2 aromatic carbocycles. The van der Waals surface area contributed by atoms with E-state index in [1.54, 1.807) is 29.2 Å². The fourth-order valence-corrected chi connectivity index (χ4v) is 3.98. The normalized spacial score (nSPS) is 16.4. The van der Waals surface area contributed by atoms with E-state index in [0.717, 1.165) is 5.56 Å². The molecule has 142 valence electrons. The van der Waals surface area contributed by atoms with Gasteiger partial charge in [-0.05, 0) is 43.3 Å². The van der Waals surface area contributed by atoms with E-state index >= 15 is 0 Å². The number of benzene rings is 2. The van der Waals surface area contributed by atoms with Crippen LogP contribution in [0, 0.1) is 12.7 Å². The first kappa shape index (κ1) is 18.2. The third-order valence-electron chi connectivity index (χ3n) is 4.55. The van der Waals surface area contributed by atoms with Crippen molar-refractivity contribution in [2.24, 2.45) is 0 Å². The number of carbonyl (C=O) groups excluding carboxylic acids is 2. The standard InChI is InChI=1S/C20H17FN4O2S/c1-12-3-2-4-13(9-12)18(27)22-20-24-23-19(28-20)14-10-17(26)25(11-14)16-7-5-15(21)6-8-16/h2-9,14H,10-11H2,1H3,(H,22,24,27). The summed E-state index contributed by atoms with van der Waals surface area (Å²) < 4.78 is 13.1. The molecule has 1 unspecified atom stereocenters. The third-order valence-corrected chi connectivity index (χ3v) is 5.56. The van der Waals surface area contributed by atoms with Gasteiger partial charge in [-0.15, -0.1) is 10.2 Å². The van der Waals surface area contributed by atoms with Crippen LogP contribution in [0.5, 0.6) is 0 Å².